The van der Waals surface area contributed by atoms with Crippen molar-refractivity contribution in [1.82, 2.24) is 9.97 Å². The third kappa shape index (κ3) is 2.99. The molecule has 1 aromatic heterocycles. The topological polar surface area (TPSA) is 78.8 Å². The fourth-order valence-electron chi connectivity index (χ4n) is 1.79. The van der Waals surface area contributed by atoms with Gasteiger partial charge in [-0.2, -0.15) is 5.26 Å². The minimum Gasteiger partial charge on any atom is -0.398 e. The molecule has 1 aromatic carbocycles. The number of benzene rings is 1. The van der Waals surface area contributed by atoms with Gasteiger partial charge in [-0.25, -0.2) is 9.97 Å². The maximum absolute atomic E-state index is 8.92. The monoisotopic (exact) mass is 253 g/mol. The van der Waals surface area contributed by atoms with Gasteiger partial charge in [-0.1, -0.05) is 18.2 Å². The van der Waals surface area contributed by atoms with Crippen LogP contribution in [0.4, 0.5) is 11.6 Å². The van der Waals surface area contributed by atoms with Crippen molar-refractivity contribution in [3.63, 3.8) is 0 Å². The summed E-state index contributed by atoms with van der Waals surface area (Å²) in [5.74, 6) is 0.528. The first kappa shape index (κ1) is 12.8. The molecule has 0 bridgehead atoms. The number of aromatic nitrogens is 2. The molecule has 5 heteroatoms. The Morgan fingerprint density at radius 1 is 1.32 bits per heavy atom. The van der Waals surface area contributed by atoms with E-state index in [1.54, 1.807) is 6.07 Å². The summed E-state index contributed by atoms with van der Waals surface area (Å²) in [6, 6.07) is 11.4. The Labute approximate surface area is 112 Å². The van der Waals surface area contributed by atoms with E-state index in [-0.39, 0.29) is 0 Å². The Hall–Kier alpha value is -2.61. The molecule has 0 saturated carbocycles. The first-order valence-electron chi connectivity index (χ1n) is 5.90. The van der Waals surface area contributed by atoms with Gasteiger partial charge in [0.2, 0.25) is 5.95 Å². The highest BCUT2D eigenvalue weighted by atomic mass is 15.2. The summed E-state index contributed by atoms with van der Waals surface area (Å²) >= 11 is 0. The minimum atomic E-state index is 0.371. The van der Waals surface area contributed by atoms with E-state index in [2.05, 4.69) is 9.97 Å². The molecule has 0 unspecified atom stereocenters. The van der Waals surface area contributed by atoms with Crippen molar-refractivity contribution >= 4 is 11.6 Å². The van der Waals surface area contributed by atoms with Crippen LogP contribution in [0.25, 0.3) is 0 Å². The largest absolute Gasteiger partial charge is 0.398 e. The minimum absolute atomic E-state index is 0.371. The lowest BCUT2D eigenvalue weighted by atomic mass is 10.2. The van der Waals surface area contributed by atoms with Gasteiger partial charge >= 0.3 is 0 Å². The second-order valence-corrected chi connectivity index (χ2v) is 4.36. The van der Waals surface area contributed by atoms with Gasteiger partial charge in [0.25, 0.3) is 0 Å². The Kier molecular flexibility index (Phi) is 3.62. The molecule has 19 heavy (non-hydrogen) atoms. The van der Waals surface area contributed by atoms with Gasteiger partial charge in [0.05, 0.1) is 0 Å². The molecule has 96 valence electrons. The van der Waals surface area contributed by atoms with Gasteiger partial charge in [-0.15, -0.1) is 0 Å². The van der Waals surface area contributed by atoms with E-state index in [1.165, 1.54) is 0 Å². The molecular formula is C14H15N5. The second-order valence-electron chi connectivity index (χ2n) is 4.36. The average molecular weight is 253 g/mol. The van der Waals surface area contributed by atoms with E-state index in [0.29, 0.717) is 18.2 Å². The highest BCUT2D eigenvalue weighted by Gasteiger charge is 2.09. The van der Waals surface area contributed by atoms with Gasteiger partial charge in [0.1, 0.15) is 11.8 Å². The summed E-state index contributed by atoms with van der Waals surface area (Å²) in [6.45, 7) is 2.44. The molecule has 2 aromatic rings. The smallest absolute Gasteiger partial charge is 0.226 e. The highest BCUT2D eigenvalue weighted by Crippen LogP contribution is 2.16. The van der Waals surface area contributed by atoms with Crippen molar-refractivity contribution in [3.8, 4) is 6.07 Å². The molecule has 0 aliphatic heterocycles. The second kappa shape index (κ2) is 5.36. The number of para-hydroxylation sites is 1. The zero-order valence-electron chi connectivity index (χ0n) is 11.0. The molecule has 0 aliphatic carbocycles. The van der Waals surface area contributed by atoms with Gasteiger partial charge in [0, 0.05) is 25.0 Å². The van der Waals surface area contributed by atoms with Crippen LogP contribution in [0.5, 0.6) is 0 Å². The molecule has 0 atom stereocenters. The number of nitrogens with two attached hydrogens (primary N) is 1. The van der Waals surface area contributed by atoms with Crippen LogP contribution in [0.15, 0.2) is 30.3 Å². The van der Waals surface area contributed by atoms with Crippen LogP contribution >= 0.6 is 0 Å². The molecule has 2 N–H and O–H groups in total. The summed E-state index contributed by atoms with van der Waals surface area (Å²) in [4.78, 5) is 10.4. The van der Waals surface area contributed by atoms with E-state index >= 15 is 0 Å². The number of nitriles is 1. The number of anilines is 2. The van der Waals surface area contributed by atoms with Crippen LogP contribution in [0.2, 0.25) is 0 Å². The lowest BCUT2D eigenvalue weighted by Gasteiger charge is -2.18. The molecule has 0 spiro atoms. The zero-order chi connectivity index (χ0) is 13.8. The number of nitrogens with zero attached hydrogens (tertiary/aromatic N) is 4. The predicted octanol–water partition coefficient (Wildman–Crippen LogP) is 1.88. The number of rotatable bonds is 3. The van der Waals surface area contributed by atoms with Crippen molar-refractivity contribution in [1.29, 1.82) is 5.26 Å². The summed E-state index contributed by atoms with van der Waals surface area (Å²) in [6.07, 6.45) is 0. The Morgan fingerprint density at radius 3 is 2.74 bits per heavy atom. The van der Waals surface area contributed by atoms with Crippen molar-refractivity contribution in [2.75, 3.05) is 17.7 Å². The molecule has 0 radical (unpaired) electrons. The van der Waals surface area contributed by atoms with E-state index in [1.807, 2.05) is 49.2 Å². The lowest BCUT2D eigenvalue weighted by Crippen LogP contribution is -2.20. The molecule has 0 saturated heterocycles. The van der Waals surface area contributed by atoms with Gasteiger partial charge in [-0.05, 0) is 24.6 Å². The molecule has 0 fully saturated rings. The Bertz CT molecular complexity index is 630. The fourth-order valence-corrected chi connectivity index (χ4v) is 1.79. The number of aryl methyl sites for hydroxylation is 1. The number of nitrogen functional groups attached to an aromatic ring is 1. The third-order valence-electron chi connectivity index (χ3n) is 2.76. The van der Waals surface area contributed by atoms with Crippen molar-refractivity contribution in [2.24, 2.45) is 0 Å². The maximum Gasteiger partial charge on any atom is 0.226 e. The number of hydrogen-bond acceptors (Lipinski definition) is 5. The van der Waals surface area contributed by atoms with E-state index in [0.717, 1.165) is 16.9 Å². The quantitative estimate of drug-likeness (QED) is 0.845. The van der Waals surface area contributed by atoms with Crippen LogP contribution in [0, 0.1) is 18.3 Å². The Balaban J connectivity index is 2.26. The predicted molar refractivity (Wildman–Crippen MR) is 74.4 cm³/mol. The van der Waals surface area contributed by atoms with Crippen LogP contribution in [-0.2, 0) is 6.54 Å². The summed E-state index contributed by atoms with van der Waals surface area (Å²) in [7, 11) is 1.88. The molecule has 1 heterocycles. The summed E-state index contributed by atoms with van der Waals surface area (Å²) < 4.78 is 0. The van der Waals surface area contributed by atoms with E-state index < -0.39 is 0 Å². The van der Waals surface area contributed by atoms with Crippen molar-refractivity contribution in [3.05, 3.63) is 47.3 Å². The molecule has 2 rings (SSSR count). The van der Waals surface area contributed by atoms with Crippen molar-refractivity contribution in [2.45, 2.75) is 13.5 Å². The van der Waals surface area contributed by atoms with E-state index in [4.69, 9.17) is 11.0 Å². The normalized spacial score (nSPS) is 9.95. The standard InChI is InChI=1S/C14H15N5/c1-10-7-12(8-15)18-14(17-10)19(2)9-11-5-3-4-6-13(11)16/h3-7H,9,16H2,1-2H3. The average Bonchev–Trinajstić information content (AvgIpc) is 2.40. The van der Waals surface area contributed by atoms with Crippen LogP contribution < -0.4 is 10.6 Å². The molecule has 5 nitrogen and oxygen atoms in total. The zero-order valence-corrected chi connectivity index (χ0v) is 11.0. The summed E-state index contributed by atoms with van der Waals surface area (Å²) in [5, 5.41) is 8.92. The molecular weight excluding hydrogens is 238 g/mol. The Morgan fingerprint density at radius 2 is 2.05 bits per heavy atom. The lowest BCUT2D eigenvalue weighted by molar-refractivity contribution is 0.858. The van der Waals surface area contributed by atoms with Crippen LogP contribution in [0.3, 0.4) is 0 Å². The van der Waals surface area contributed by atoms with Gasteiger partial charge < -0.3 is 10.6 Å². The molecule has 0 aliphatic rings. The third-order valence-corrected chi connectivity index (χ3v) is 2.76. The number of hydrogen-bond donors (Lipinski definition) is 1. The molecule has 0 amide bonds. The highest BCUT2D eigenvalue weighted by molar-refractivity contribution is 5.48. The van der Waals surface area contributed by atoms with Crippen LogP contribution in [-0.4, -0.2) is 17.0 Å². The first-order valence-corrected chi connectivity index (χ1v) is 5.90. The first-order chi connectivity index (χ1) is 9.10. The van der Waals surface area contributed by atoms with Crippen molar-refractivity contribution < 1.29 is 0 Å². The van der Waals surface area contributed by atoms with Gasteiger partial charge in [-0.3, -0.25) is 0 Å². The van der Waals surface area contributed by atoms with E-state index in [9.17, 15) is 0 Å². The summed E-state index contributed by atoms with van der Waals surface area (Å²) in [5.41, 5.74) is 8.80. The SMILES string of the molecule is Cc1cc(C#N)nc(N(C)Cc2ccccc2N)n1. The maximum atomic E-state index is 8.92. The van der Waals surface area contributed by atoms with Gasteiger partial charge in [0.15, 0.2) is 0 Å². The fraction of sp³-hybridized carbons (Fsp3) is 0.214. The van der Waals surface area contributed by atoms with Crippen LogP contribution in [0.1, 0.15) is 17.0 Å².